The van der Waals surface area contributed by atoms with E-state index in [9.17, 15) is 24.2 Å². The number of rotatable bonds is 5. The molecule has 1 aliphatic rings. The van der Waals surface area contributed by atoms with Crippen LogP contribution in [-0.2, 0) is 11.2 Å². The highest BCUT2D eigenvalue weighted by Crippen LogP contribution is 2.28. The van der Waals surface area contributed by atoms with Crippen LogP contribution in [0.15, 0.2) is 42.5 Å². The molecule has 1 aliphatic heterocycles. The van der Waals surface area contributed by atoms with Crippen molar-refractivity contribution < 1.29 is 28.9 Å². The number of thiophene rings is 1. The van der Waals surface area contributed by atoms with Crippen LogP contribution in [0.5, 0.6) is 5.88 Å². The maximum atomic E-state index is 13.2. The minimum absolute atomic E-state index is 0.0134. The van der Waals surface area contributed by atoms with Gasteiger partial charge in [-0.2, -0.15) is 4.39 Å². The number of carbonyl (C=O) groups is 2. The summed E-state index contributed by atoms with van der Waals surface area (Å²) < 4.78 is 19.1. The molecule has 0 bridgehead atoms. The molecule has 3 aromatic rings. The molecule has 158 valence electrons. The Morgan fingerprint density at radius 3 is 2.60 bits per heavy atom. The summed E-state index contributed by atoms with van der Waals surface area (Å²) in [6.45, 7) is -0.0268. The van der Waals surface area contributed by atoms with Crippen LogP contribution in [0.1, 0.15) is 5.56 Å². The number of fused-ring (bicyclic) bond motifs is 1. The van der Waals surface area contributed by atoms with Gasteiger partial charge >= 0.3 is 6.09 Å². The van der Waals surface area contributed by atoms with Crippen LogP contribution in [-0.4, -0.2) is 63.4 Å². The third kappa shape index (κ3) is 4.45. The number of aliphatic hydroxyl groups is 2. The number of aromatic nitrogens is 1. The molecule has 30 heavy (non-hydrogen) atoms. The average Bonchev–Trinajstić information content (AvgIpc) is 3.34. The molecule has 0 saturated carbocycles. The van der Waals surface area contributed by atoms with Crippen molar-refractivity contribution in [2.75, 3.05) is 13.1 Å². The number of likely N-dealkylation sites (tertiary alicyclic amines) is 1. The Bertz CT molecular complexity index is 1010. The van der Waals surface area contributed by atoms with Gasteiger partial charge in [0.1, 0.15) is 6.04 Å². The van der Waals surface area contributed by atoms with Gasteiger partial charge in [0.15, 0.2) is 5.13 Å². The molecule has 1 aromatic carbocycles. The predicted molar refractivity (Wildman–Crippen MR) is 108 cm³/mol. The van der Waals surface area contributed by atoms with Gasteiger partial charge in [-0.3, -0.25) is 4.79 Å². The van der Waals surface area contributed by atoms with Gasteiger partial charge in [-0.1, -0.05) is 30.3 Å². The molecule has 10 heteroatoms. The number of hydrogen-bond acceptors (Lipinski definition) is 6. The molecule has 8 nitrogen and oxygen atoms in total. The number of halogens is 1. The summed E-state index contributed by atoms with van der Waals surface area (Å²) in [5.41, 5.74) is 1.34. The molecule has 3 heterocycles. The van der Waals surface area contributed by atoms with E-state index in [1.165, 1.54) is 17.0 Å². The Hall–Kier alpha value is -2.95. The van der Waals surface area contributed by atoms with Crippen LogP contribution in [0.2, 0.25) is 0 Å². The topological polar surface area (TPSA) is 115 Å². The average molecular weight is 433 g/mol. The molecule has 0 spiro atoms. The summed E-state index contributed by atoms with van der Waals surface area (Å²) in [5.74, 6) is -0.298. The van der Waals surface area contributed by atoms with Gasteiger partial charge in [0.2, 0.25) is 11.8 Å². The number of amides is 2. The molecule has 0 unspecified atom stereocenters. The number of H-pyrrole nitrogens is 1. The highest BCUT2D eigenvalue weighted by Gasteiger charge is 2.36. The summed E-state index contributed by atoms with van der Waals surface area (Å²) >= 11 is 0.920. The van der Waals surface area contributed by atoms with E-state index >= 15 is 0 Å². The van der Waals surface area contributed by atoms with E-state index in [2.05, 4.69) is 10.3 Å². The summed E-state index contributed by atoms with van der Waals surface area (Å²) in [5, 5.41) is 21.7. The molecule has 1 fully saturated rings. The van der Waals surface area contributed by atoms with E-state index < -0.39 is 30.3 Å². The number of aliphatic hydroxyl groups excluding tert-OH is 2. The third-order valence-electron chi connectivity index (χ3n) is 4.90. The van der Waals surface area contributed by atoms with Crippen LogP contribution in [0.4, 0.5) is 9.18 Å². The van der Waals surface area contributed by atoms with E-state index in [-0.39, 0.29) is 30.5 Å². The zero-order chi connectivity index (χ0) is 21.3. The number of benzene rings is 1. The van der Waals surface area contributed by atoms with Gasteiger partial charge in [-0.25, -0.2) is 4.79 Å². The van der Waals surface area contributed by atoms with Gasteiger partial charge in [0, 0.05) is 31.6 Å². The van der Waals surface area contributed by atoms with Crippen LogP contribution in [0.25, 0.3) is 10.2 Å². The number of aromatic amines is 1. The molecule has 1 saturated heterocycles. The second-order valence-corrected chi connectivity index (χ2v) is 8.15. The van der Waals surface area contributed by atoms with Crippen molar-refractivity contribution in [3.63, 3.8) is 0 Å². The second kappa shape index (κ2) is 8.42. The van der Waals surface area contributed by atoms with E-state index in [1.54, 1.807) is 0 Å². The van der Waals surface area contributed by atoms with Crippen molar-refractivity contribution in [3.8, 4) is 5.88 Å². The maximum Gasteiger partial charge on any atom is 0.414 e. The van der Waals surface area contributed by atoms with Crippen LogP contribution in [0, 0.1) is 5.13 Å². The van der Waals surface area contributed by atoms with Crippen molar-refractivity contribution in [2.24, 2.45) is 0 Å². The normalized spacial score (nSPS) is 19.8. The standard InChI is InChI=1S/C20H20FN3O5S/c21-17-7-12-16(30-17)8-18(22-12)29-20(28)23-13(6-11-4-2-1-3-5-11)19(27)24-9-14(25)15(26)10-24/h1-5,7-8,13-15,22,25-26H,6,9-10H2,(H,23,28)/t13-,14-,15+/m0/s1. The Balaban J connectivity index is 1.47. The van der Waals surface area contributed by atoms with Crippen molar-refractivity contribution in [3.05, 3.63) is 53.2 Å². The smallest absolute Gasteiger partial charge is 0.393 e. The summed E-state index contributed by atoms with van der Waals surface area (Å²) in [6.07, 6.45) is -2.68. The number of hydrogen-bond donors (Lipinski definition) is 4. The van der Waals surface area contributed by atoms with Gasteiger partial charge in [-0.05, 0) is 5.56 Å². The number of nitrogens with zero attached hydrogens (tertiary/aromatic N) is 1. The zero-order valence-corrected chi connectivity index (χ0v) is 16.6. The molecule has 4 N–H and O–H groups in total. The minimum Gasteiger partial charge on any atom is -0.393 e. The molecule has 4 rings (SSSR count). The van der Waals surface area contributed by atoms with Crippen LogP contribution in [0.3, 0.4) is 0 Å². The lowest BCUT2D eigenvalue weighted by molar-refractivity contribution is -0.132. The van der Waals surface area contributed by atoms with Gasteiger partial charge < -0.3 is 30.2 Å². The predicted octanol–water partition coefficient (Wildman–Crippen LogP) is 1.63. The zero-order valence-electron chi connectivity index (χ0n) is 15.7. The van der Waals surface area contributed by atoms with Gasteiger partial charge in [0.25, 0.3) is 0 Å². The molecule has 3 atom stereocenters. The fourth-order valence-electron chi connectivity index (χ4n) is 3.41. The Labute approximate surface area is 174 Å². The molecule has 2 amide bonds. The number of β-amino-alcohol motifs (C(OH)–C–C–N with tert-alkyl or cyclic N) is 2. The molecule has 2 aromatic heterocycles. The first-order valence-electron chi connectivity index (χ1n) is 9.34. The molecule has 0 radical (unpaired) electrons. The van der Waals surface area contributed by atoms with Crippen molar-refractivity contribution in [1.82, 2.24) is 15.2 Å². The highest BCUT2D eigenvalue weighted by molar-refractivity contribution is 7.17. The van der Waals surface area contributed by atoms with E-state index in [1.807, 2.05) is 30.3 Å². The van der Waals surface area contributed by atoms with Gasteiger partial charge in [0.05, 0.1) is 22.4 Å². The van der Waals surface area contributed by atoms with Crippen LogP contribution >= 0.6 is 11.3 Å². The molecule has 0 aliphatic carbocycles. The monoisotopic (exact) mass is 433 g/mol. The van der Waals surface area contributed by atoms with E-state index in [0.717, 1.165) is 16.9 Å². The lowest BCUT2D eigenvalue weighted by Gasteiger charge is -2.24. The Morgan fingerprint density at radius 1 is 1.23 bits per heavy atom. The number of nitrogens with one attached hydrogen (secondary N) is 2. The Morgan fingerprint density at radius 2 is 1.93 bits per heavy atom. The Kier molecular flexibility index (Phi) is 5.71. The summed E-state index contributed by atoms with van der Waals surface area (Å²) in [7, 11) is 0. The van der Waals surface area contributed by atoms with E-state index in [4.69, 9.17) is 4.74 Å². The minimum atomic E-state index is -1.02. The van der Waals surface area contributed by atoms with Crippen LogP contribution < -0.4 is 10.1 Å². The van der Waals surface area contributed by atoms with E-state index in [0.29, 0.717) is 10.2 Å². The number of ether oxygens (including phenoxy) is 1. The summed E-state index contributed by atoms with van der Waals surface area (Å²) in [6, 6.07) is 11.0. The first-order chi connectivity index (χ1) is 14.4. The molecular weight excluding hydrogens is 413 g/mol. The number of carbonyl (C=O) groups excluding carboxylic acids is 2. The molecular formula is C20H20FN3O5S. The highest BCUT2D eigenvalue weighted by atomic mass is 32.1. The lowest BCUT2D eigenvalue weighted by Crippen LogP contribution is -2.50. The van der Waals surface area contributed by atoms with Crippen molar-refractivity contribution in [1.29, 1.82) is 0 Å². The first kappa shape index (κ1) is 20.3. The fraction of sp³-hybridized carbons (Fsp3) is 0.300. The second-order valence-electron chi connectivity index (χ2n) is 7.12. The van der Waals surface area contributed by atoms with Crippen molar-refractivity contribution in [2.45, 2.75) is 24.7 Å². The lowest BCUT2D eigenvalue weighted by atomic mass is 10.1. The third-order valence-corrected chi connectivity index (χ3v) is 5.77. The largest absolute Gasteiger partial charge is 0.414 e. The van der Waals surface area contributed by atoms with Gasteiger partial charge in [-0.15, -0.1) is 11.3 Å². The fourth-order valence-corrected chi connectivity index (χ4v) is 4.19. The quantitative estimate of drug-likeness (QED) is 0.488. The first-order valence-corrected chi connectivity index (χ1v) is 10.2. The van der Waals surface area contributed by atoms with Crippen molar-refractivity contribution >= 4 is 33.6 Å². The SMILES string of the molecule is O=C(N[C@@H](Cc1ccccc1)C(=O)N1C[C@@H](O)[C@@H](O)C1)Oc1cc2sc(F)cc2[nH]1. The maximum absolute atomic E-state index is 13.2. The summed E-state index contributed by atoms with van der Waals surface area (Å²) in [4.78, 5) is 29.5.